The number of thioether (sulfide) groups is 1. The Bertz CT molecular complexity index is 1690. The molecule has 0 radical (unpaired) electrons. The number of benzene rings is 2. The number of thiazole rings is 1. The summed E-state index contributed by atoms with van der Waals surface area (Å²) in [6, 6.07) is 10.8. The highest BCUT2D eigenvalue weighted by atomic mass is 32.2. The maximum atomic E-state index is 14.1. The van der Waals surface area contributed by atoms with Crippen LogP contribution in [0, 0.1) is 5.92 Å². The number of rotatable bonds is 7. The van der Waals surface area contributed by atoms with Crippen molar-refractivity contribution < 1.29 is 33.8 Å². The molecule has 0 unspecified atom stereocenters. The van der Waals surface area contributed by atoms with Gasteiger partial charge < -0.3 is 19.5 Å². The summed E-state index contributed by atoms with van der Waals surface area (Å²) < 4.78 is 11.8. The molecule has 4 heterocycles. The molecule has 2 fully saturated rings. The van der Waals surface area contributed by atoms with E-state index in [1.807, 2.05) is 0 Å². The van der Waals surface area contributed by atoms with Crippen molar-refractivity contribution in [2.24, 2.45) is 5.92 Å². The Hall–Kier alpha value is -4.10. The third kappa shape index (κ3) is 5.17. The van der Waals surface area contributed by atoms with Crippen LogP contribution in [-0.2, 0) is 25.7 Å². The van der Waals surface area contributed by atoms with Gasteiger partial charge in [0, 0.05) is 23.9 Å². The fourth-order valence-corrected chi connectivity index (χ4v) is 8.87. The Labute approximate surface area is 261 Å². The van der Waals surface area contributed by atoms with Crippen molar-refractivity contribution in [2.45, 2.75) is 48.9 Å². The van der Waals surface area contributed by atoms with E-state index >= 15 is 0 Å². The van der Waals surface area contributed by atoms with Crippen molar-refractivity contribution >= 4 is 52.5 Å². The molecule has 0 saturated carbocycles. The first kappa shape index (κ1) is 29.9. The van der Waals surface area contributed by atoms with Gasteiger partial charge in [0.1, 0.15) is 11.8 Å². The number of carbonyl (C=O) groups excluding carboxylic acids is 4. The molecule has 3 aromatic rings. The summed E-state index contributed by atoms with van der Waals surface area (Å²) in [4.78, 5) is 70.1. The Morgan fingerprint density at radius 2 is 1.73 bits per heavy atom. The number of aromatic hydroxyl groups is 1. The molecular formula is C31H31N3O8S2. The minimum atomic E-state index is -0.880. The standard InChI is InChI=1S/C31H31N3O8S2/c1-3-42-30(39)17-7-10-19(11-8-17)34-27(37)24-23(18-9-12-20(35)21(15-18)41-2)26-29(43-25(24)28(34)38)33(31(40)44-26)16-22(36)32-13-5-4-6-14-32/h7-12,15,23-25,35H,3-6,13-14,16H2,1-2H3/t23-,24+,25-/m0/s1. The summed E-state index contributed by atoms with van der Waals surface area (Å²) in [5, 5.41) is 9.89. The van der Waals surface area contributed by atoms with Crippen molar-refractivity contribution in [3.8, 4) is 11.5 Å². The molecule has 11 nitrogen and oxygen atoms in total. The van der Waals surface area contributed by atoms with Crippen LogP contribution in [0.5, 0.6) is 11.5 Å². The number of nitrogens with zero attached hydrogens (tertiary/aromatic N) is 3. The third-order valence-corrected chi connectivity index (χ3v) is 10.9. The summed E-state index contributed by atoms with van der Waals surface area (Å²) in [7, 11) is 1.41. The molecule has 1 N–H and O–H groups in total. The average Bonchev–Trinajstić information content (AvgIpc) is 3.48. The molecule has 230 valence electrons. The number of likely N-dealkylation sites (tertiary alicyclic amines) is 1. The number of imide groups is 1. The van der Waals surface area contributed by atoms with Crippen LogP contribution >= 0.6 is 23.1 Å². The first-order valence-corrected chi connectivity index (χ1v) is 16.1. The normalized spacial score (nSPS) is 21.2. The molecule has 3 aliphatic heterocycles. The van der Waals surface area contributed by atoms with E-state index in [-0.39, 0.29) is 35.4 Å². The van der Waals surface area contributed by atoms with Gasteiger partial charge in [-0.15, -0.1) is 0 Å². The number of hydrogen-bond acceptors (Lipinski definition) is 10. The van der Waals surface area contributed by atoms with Crippen LogP contribution < -0.4 is 14.5 Å². The fraction of sp³-hybridized carbons (Fsp3) is 0.387. The van der Waals surface area contributed by atoms with Gasteiger partial charge in [-0.2, -0.15) is 0 Å². The van der Waals surface area contributed by atoms with Crippen molar-refractivity contribution in [3.63, 3.8) is 0 Å². The number of hydrogen-bond donors (Lipinski definition) is 1. The summed E-state index contributed by atoms with van der Waals surface area (Å²) in [5.74, 6) is -3.06. The van der Waals surface area contributed by atoms with Crippen LogP contribution in [-0.4, -0.2) is 70.3 Å². The van der Waals surface area contributed by atoms with E-state index in [1.165, 1.54) is 42.0 Å². The molecule has 3 amide bonds. The molecule has 3 aliphatic rings. The number of aromatic nitrogens is 1. The zero-order valence-electron chi connectivity index (χ0n) is 24.2. The second-order valence-corrected chi connectivity index (χ2v) is 12.9. The molecule has 2 aromatic carbocycles. The number of ether oxygens (including phenoxy) is 2. The molecule has 2 saturated heterocycles. The zero-order valence-corrected chi connectivity index (χ0v) is 25.8. The molecule has 0 bridgehead atoms. The van der Waals surface area contributed by atoms with E-state index in [4.69, 9.17) is 9.47 Å². The molecule has 3 atom stereocenters. The van der Waals surface area contributed by atoms with E-state index < -0.39 is 34.9 Å². The maximum Gasteiger partial charge on any atom is 0.338 e. The van der Waals surface area contributed by atoms with E-state index in [1.54, 1.807) is 24.0 Å². The zero-order chi connectivity index (χ0) is 31.1. The van der Waals surface area contributed by atoms with Crippen LogP contribution in [0.15, 0.2) is 52.3 Å². The second-order valence-electron chi connectivity index (χ2n) is 10.8. The molecule has 6 rings (SSSR count). The van der Waals surface area contributed by atoms with E-state index in [9.17, 15) is 29.1 Å². The van der Waals surface area contributed by atoms with Crippen molar-refractivity contribution in [1.29, 1.82) is 0 Å². The highest BCUT2D eigenvalue weighted by molar-refractivity contribution is 8.00. The minimum Gasteiger partial charge on any atom is -0.504 e. The Morgan fingerprint density at radius 3 is 2.41 bits per heavy atom. The van der Waals surface area contributed by atoms with Gasteiger partial charge in [0.05, 0.1) is 35.9 Å². The molecular weight excluding hydrogens is 606 g/mol. The number of esters is 1. The van der Waals surface area contributed by atoms with Crippen molar-refractivity contribution in [3.05, 3.63) is 68.1 Å². The topological polar surface area (TPSA) is 135 Å². The van der Waals surface area contributed by atoms with Gasteiger partial charge in [0.15, 0.2) is 11.5 Å². The lowest BCUT2D eigenvalue weighted by atomic mass is 9.83. The first-order valence-electron chi connectivity index (χ1n) is 14.4. The van der Waals surface area contributed by atoms with Gasteiger partial charge in [0.2, 0.25) is 17.7 Å². The number of anilines is 1. The minimum absolute atomic E-state index is 0.0896. The lowest BCUT2D eigenvalue weighted by molar-refractivity contribution is -0.133. The molecule has 44 heavy (non-hydrogen) atoms. The largest absolute Gasteiger partial charge is 0.504 e. The van der Waals surface area contributed by atoms with Crippen LogP contribution in [0.2, 0.25) is 0 Å². The van der Waals surface area contributed by atoms with Crippen molar-refractivity contribution in [2.75, 3.05) is 31.7 Å². The van der Waals surface area contributed by atoms with Crippen LogP contribution in [0.1, 0.15) is 52.9 Å². The SMILES string of the molecule is CCOC(=O)c1ccc(N2C(=O)[C@@H]3[C@H](c4ccc(O)c(OC)c4)c4sc(=O)n(CC(=O)N5CCCCC5)c4S[C@@H]3C2=O)cc1. The summed E-state index contributed by atoms with van der Waals surface area (Å²) in [5.41, 5.74) is 1.19. The van der Waals surface area contributed by atoms with E-state index in [0.717, 1.165) is 47.3 Å². The van der Waals surface area contributed by atoms with Gasteiger partial charge in [-0.1, -0.05) is 29.2 Å². The van der Waals surface area contributed by atoms with Crippen LogP contribution in [0.25, 0.3) is 0 Å². The van der Waals surface area contributed by atoms with Crippen LogP contribution in [0.4, 0.5) is 5.69 Å². The van der Waals surface area contributed by atoms with Gasteiger partial charge in [-0.3, -0.25) is 23.7 Å². The van der Waals surface area contributed by atoms with Crippen molar-refractivity contribution in [1.82, 2.24) is 9.47 Å². The third-order valence-electron chi connectivity index (χ3n) is 8.25. The number of fused-ring (bicyclic) bond motifs is 2. The monoisotopic (exact) mass is 637 g/mol. The summed E-state index contributed by atoms with van der Waals surface area (Å²) >= 11 is 2.10. The molecule has 13 heteroatoms. The summed E-state index contributed by atoms with van der Waals surface area (Å²) in [6.45, 7) is 3.05. The number of piperidine rings is 1. The van der Waals surface area contributed by atoms with E-state index in [0.29, 0.717) is 39.8 Å². The molecule has 1 aromatic heterocycles. The van der Waals surface area contributed by atoms with Gasteiger partial charge in [0.25, 0.3) is 0 Å². The Kier molecular flexibility index (Phi) is 8.25. The first-order chi connectivity index (χ1) is 21.2. The Morgan fingerprint density at radius 1 is 1.00 bits per heavy atom. The van der Waals surface area contributed by atoms with Gasteiger partial charge in [-0.25, -0.2) is 9.69 Å². The van der Waals surface area contributed by atoms with Gasteiger partial charge >= 0.3 is 10.8 Å². The van der Waals surface area contributed by atoms with Gasteiger partial charge in [-0.05, 0) is 68.1 Å². The lowest BCUT2D eigenvalue weighted by Gasteiger charge is -2.31. The Balaban J connectivity index is 1.41. The maximum absolute atomic E-state index is 14.1. The number of amides is 3. The molecule has 0 spiro atoms. The smallest absolute Gasteiger partial charge is 0.338 e. The van der Waals surface area contributed by atoms with Crippen LogP contribution in [0.3, 0.4) is 0 Å². The molecule has 0 aliphatic carbocycles. The predicted molar refractivity (Wildman–Crippen MR) is 164 cm³/mol. The quantitative estimate of drug-likeness (QED) is 0.305. The fourth-order valence-electron chi connectivity index (χ4n) is 6.10. The number of carbonyl (C=O) groups is 4. The lowest BCUT2D eigenvalue weighted by Crippen LogP contribution is -2.39. The number of phenols is 1. The highest BCUT2D eigenvalue weighted by Crippen LogP contribution is 2.54. The highest BCUT2D eigenvalue weighted by Gasteiger charge is 2.57. The van der Waals surface area contributed by atoms with E-state index in [2.05, 4.69) is 0 Å². The number of methoxy groups -OCH3 is 1. The number of phenolic OH excluding ortho intramolecular Hbond substituents is 1. The predicted octanol–water partition coefficient (Wildman–Crippen LogP) is 3.61. The summed E-state index contributed by atoms with van der Waals surface area (Å²) in [6.07, 6.45) is 2.89. The second kappa shape index (κ2) is 12.1. The average molecular weight is 638 g/mol.